The van der Waals surface area contributed by atoms with Crippen LogP contribution in [0.25, 0.3) is 0 Å². The largest absolute Gasteiger partial charge is 0.453 e. The van der Waals surface area contributed by atoms with E-state index >= 15 is 0 Å². The summed E-state index contributed by atoms with van der Waals surface area (Å²) in [5, 5.41) is 0.258. The third-order valence-electron chi connectivity index (χ3n) is 6.89. The van der Waals surface area contributed by atoms with Crippen LogP contribution >= 0.6 is 11.6 Å². The van der Waals surface area contributed by atoms with Crippen molar-refractivity contribution in [1.29, 1.82) is 0 Å². The summed E-state index contributed by atoms with van der Waals surface area (Å²) >= 11 is 6.27. The molecule has 1 heterocycles. The fourth-order valence-corrected chi connectivity index (χ4v) is 5.23. The van der Waals surface area contributed by atoms with Crippen LogP contribution in [0.5, 0.6) is 0 Å². The standard InChI is InChI=1S/C27H27ClF6N2O4/c1-14(2)40-25(38)36-21-7-6-19(28)11-20(21)23(12-22(36)16-4-5-16)35(24(37)39-3)13-15-8-17(26(29,30)31)10-18(9-15)27(32,33)34/h6-11,14,16,22-23H,4-5,12-13H2,1-3H3/t22-,23-/m1/s1. The lowest BCUT2D eigenvalue weighted by molar-refractivity contribution is -0.143. The Labute approximate surface area is 231 Å². The Morgan fingerprint density at radius 3 is 2.12 bits per heavy atom. The van der Waals surface area contributed by atoms with E-state index in [-0.39, 0.29) is 29.0 Å². The third kappa shape index (κ3) is 6.42. The Bertz CT molecular complexity index is 1250. The molecule has 4 rings (SSSR count). The second-order valence-corrected chi connectivity index (χ2v) is 10.6. The molecule has 0 radical (unpaired) electrons. The lowest BCUT2D eigenvalue weighted by Crippen LogP contribution is -2.50. The number of carbonyl (C=O) groups excluding carboxylic acids is 2. The molecule has 0 aromatic heterocycles. The van der Waals surface area contributed by atoms with E-state index in [9.17, 15) is 35.9 Å². The first-order valence-electron chi connectivity index (χ1n) is 12.5. The summed E-state index contributed by atoms with van der Waals surface area (Å²) in [5.74, 6) is 0.0657. The molecule has 6 nitrogen and oxygen atoms in total. The lowest BCUT2D eigenvalue weighted by Gasteiger charge is -2.44. The van der Waals surface area contributed by atoms with Crippen LogP contribution in [0.4, 0.5) is 41.6 Å². The third-order valence-corrected chi connectivity index (χ3v) is 7.12. The number of nitrogens with zero attached hydrogens (tertiary/aromatic N) is 2. The summed E-state index contributed by atoms with van der Waals surface area (Å²) in [4.78, 5) is 28.8. The minimum atomic E-state index is -5.05. The number of carbonyl (C=O) groups is 2. The van der Waals surface area contributed by atoms with Crippen LogP contribution in [0.15, 0.2) is 36.4 Å². The van der Waals surface area contributed by atoms with Gasteiger partial charge in [0.2, 0.25) is 0 Å². The van der Waals surface area contributed by atoms with E-state index < -0.39 is 60.4 Å². The van der Waals surface area contributed by atoms with Gasteiger partial charge in [0.15, 0.2) is 0 Å². The predicted molar refractivity (Wildman–Crippen MR) is 134 cm³/mol. The summed E-state index contributed by atoms with van der Waals surface area (Å²) in [5.41, 5.74) is -2.60. The first kappa shape index (κ1) is 29.8. The van der Waals surface area contributed by atoms with E-state index in [2.05, 4.69) is 0 Å². The molecule has 1 aliphatic heterocycles. The molecule has 1 saturated carbocycles. The van der Waals surface area contributed by atoms with E-state index in [0.29, 0.717) is 23.4 Å². The highest BCUT2D eigenvalue weighted by Crippen LogP contribution is 2.49. The van der Waals surface area contributed by atoms with Gasteiger partial charge in [0.05, 0.1) is 36.1 Å². The fraction of sp³-hybridized carbons (Fsp3) is 0.481. The van der Waals surface area contributed by atoms with Crippen LogP contribution < -0.4 is 4.90 Å². The van der Waals surface area contributed by atoms with Crippen LogP contribution in [0.1, 0.15) is 61.4 Å². The number of alkyl halides is 6. The minimum absolute atomic E-state index is 0.0308. The second kappa shape index (κ2) is 11.0. The number of methoxy groups -OCH3 is 1. The van der Waals surface area contributed by atoms with Crippen molar-refractivity contribution < 1.29 is 45.4 Å². The van der Waals surface area contributed by atoms with Gasteiger partial charge in [0.1, 0.15) is 0 Å². The maximum absolute atomic E-state index is 13.5. The first-order valence-corrected chi connectivity index (χ1v) is 12.9. The van der Waals surface area contributed by atoms with Gasteiger partial charge >= 0.3 is 24.5 Å². The van der Waals surface area contributed by atoms with Gasteiger partial charge < -0.3 is 9.47 Å². The van der Waals surface area contributed by atoms with Crippen LogP contribution in [0, 0.1) is 5.92 Å². The highest BCUT2D eigenvalue weighted by molar-refractivity contribution is 6.30. The van der Waals surface area contributed by atoms with Crippen molar-refractivity contribution in [3.8, 4) is 0 Å². The van der Waals surface area contributed by atoms with Crippen LogP contribution in [0.2, 0.25) is 5.02 Å². The molecule has 0 bridgehead atoms. The molecule has 2 amide bonds. The van der Waals surface area contributed by atoms with Crippen LogP contribution in [-0.2, 0) is 28.4 Å². The predicted octanol–water partition coefficient (Wildman–Crippen LogP) is 8.22. The molecule has 0 N–H and O–H groups in total. The van der Waals surface area contributed by atoms with Crippen molar-refractivity contribution in [2.24, 2.45) is 5.92 Å². The van der Waals surface area contributed by atoms with Gasteiger partial charge in [-0.25, -0.2) is 9.59 Å². The van der Waals surface area contributed by atoms with Gasteiger partial charge in [0, 0.05) is 23.2 Å². The number of amides is 2. The summed E-state index contributed by atoms with van der Waals surface area (Å²) in [7, 11) is 1.06. The normalized spacial score (nSPS) is 19.3. The summed E-state index contributed by atoms with van der Waals surface area (Å²) in [6.45, 7) is 2.77. The van der Waals surface area contributed by atoms with Gasteiger partial charge in [-0.1, -0.05) is 11.6 Å². The highest BCUT2D eigenvalue weighted by atomic mass is 35.5. The number of halogens is 7. The number of benzene rings is 2. The Hall–Kier alpha value is -3.15. The SMILES string of the molecule is COC(=O)N(Cc1cc(C(F)(F)F)cc(C(F)(F)F)c1)[C@@H]1C[C@H](C2CC2)N(C(=O)OC(C)C)c2ccc(Cl)cc21. The Kier molecular flexibility index (Phi) is 8.22. The zero-order valence-electron chi connectivity index (χ0n) is 21.8. The molecule has 0 saturated heterocycles. The number of ether oxygens (including phenoxy) is 2. The average Bonchev–Trinajstić information content (AvgIpc) is 3.70. The zero-order valence-corrected chi connectivity index (χ0v) is 22.5. The Morgan fingerprint density at radius 1 is 1.02 bits per heavy atom. The van der Waals surface area contributed by atoms with Gasteiger partial charge in [-0.15, -0.1) is 0 Å². The maximum Gasteiger partial charge on any atom is 0.416 e. The number of anilines is 1. The van der Waals surface area contributed by atoms with E-state index in [1.807, 2.05) is 0 Å². The van der Waals surface area contributed by atoms with Crippen molar-refractivity contribution in [3.05, 3.63) is 63.7 Å². The van der Waals surface area contributed by atoms with Crippen molar-refractivity contribution >= 4 is 29.5 Å². The smallest absolute Gasteiger partial charge is 0.416 e. The first-order chi connectivity index (χ1) is 18.6. The summed E-state index contributed by atoms with van der Waals surface area (Å²) in [6.07, 6.45) is -10.3. The maximum atomic E-state index is 13.5. The number of hydrogen-bond donors (Lipinski definition) is 0. The number of hydrogen-bond acceptors (Lipinski definition) is 4. The number of rotatable bonds is 5. The molecular formula is C27H27ClF6N2O4. The summed E-state index contributed by atoms with van der Waals surface area (Å²) in [6, 6.07) is 4.53. The van der Waals surface area contributed by atoms with Crippen molar-refractivity contribution in [2.45, 2.75) is 70.2 Å². The number of fused-ring (bicyclic) bond motifs is 1. The molecule has 13 heteroatoms. The van der Waals surface area contributed by atoms with Crippen LogP contribution in [-0.4, -0.2) is 36.3 Å². The molecule has 2 aromatic carbocycles. The van der Waals surface area contributed by atoms with Crippen molar-refractivity contribution in [2.75, 3.05) is 12.0 Å². The minimum Gasteiger partial charge on any atom is -0.453 e. The monoisotopic (exact) mass is 592 g/mol. The molecule has 1 fully saturated rings. The van der Waals surface area contributed by atoms with Crippen molar-refractivity contribution in [3.63, 3.8) is 0 Å². The molecule has 2 aromatic rings. The lowest BCUT2D eigenvalue weighted by atomic mass is 9.87. The molecule has 0 spiro atoms. The van der Waals surface area contributed by atoms with E-state index in [1.165, 1.54) is 11.0 Å². The van der Waals surface area contributed by atoms with E-state index in [4.69, 9.17) is 21.1 Å². The average molecular weight is 593 g/mol. The molecule has 1 aliphatic carbocycles. The van der Waals surface area contributed by atoms with Gasteiger partial charge in [-0.05, 0) is 81.0 Å². The zero-order chi connectivity index (χ0) is 29.6. The van der Waals surface area contributed by atoms with Gasteiger partial charge in [0.25, 0.3) is 0 Å². The van der Waals surface area contributed by atoms with E-state index in [1.54, 1.807) is 26.0 Å². The highest BCUT2D eigenvalue weighted by Gasteiger charge is 2.47. The molecule has 40 heavy (non-hydrogen) atoms. The quantitative estimate of drug-likeness (QED) is 0.328. The van der Waals surface area contributed by atoms with Gasteiger partial charge in [-0.3, -0.25) is 9.80 Å². The Balaban J connectivity index is 1.82. The Morgan fingerprint density at radius 2 is 1.62 bits per heavy atom. The topological polar surface area (TPSA) is 59.1 Å². The van der Waals surface area contributed by atoms with Gasteiger partial charge in [-0.2, -0.15) is 26.3 Å². The van der Waals surface area contributed by atoms with Crippen molar-refractivity contribution in [1.82, 2.24) is 4.90 Å². The fourth-order valence-electron chi connectivity index (χ4n) is 5.05. The summed E-state index contributed by atoms with van der Waals surface area (Å²) < 4.78 is 91.5. The molecule has 2 atom stereocenters. The molecular weight excluding hydrogens is 566 g/mol. The van der Waals surface area contributed by atoms with Crippen LogP contribution in [0.3, 0.4) is 0 Å². The molecule has 0 unspecified atom stereocenters. The molecule has 218 valence electrons. The molecule has 2 aliphatic rings. The second-order valence-electron chi connectivity index (χ2n) is 10.2. The van der Waals surface area contributed by atoms with E-state index in [0.717, 1.165) is 24.9 Å².